The molecule has 0 bridgehead atoms. The van der Waals surface area contributed by atoms with Crippen molar-refractivity contribution in [1.29, 1.82) is 0 Å². The van der Waals surface area contributed by atoms with Crippen LogP contribution in [0.5, 0.6) is 0 Å². The normalized spacial score (nSPS) is 14.0. The van der Waals surface area contributed by atoms with Crippen molar-refractivity contribution in [3.05, 3.63) is 35.9 Å². The Morgan fingerprint density at radius 2 is 1.43 bits per heavy atom. The summed E-state index contributed by atoms with van der Waals surface area (Å²) in [6, 6.07) is 11.2. The zero-order valence-corrected chi connectivity index (χ0v) is 16.3. The van der Waals surface area contributed by atoms with Gasteiger partial charge in [0.1, 0.15) is 0 Å². The molecule has 1 saturated heterocycles. The van der Waals surface area contributed by atoms with Crippen molar-refractivity contribution in [2.24, 2.45) is 0 Å². The molecule has 1 fully saturated rings. The Morgan fingerprint density at radius 1 is 0.870 bits per heavy atom. The number of nitrogens with zero attached hydrogens (tertiary/aromatic N) is 1. The molecule has 0 atom stereocenters. The first kappa shape index (κ1) is 31.1. The molecule has 2 rings (SSSR count). The van der Waals surface area contributed by atoms with Crippen LogP contribution in [0.1, 0.15) is 67.9 Å². The van der Waals surface area contributed by atoms with E-state index in [9.17, 15) is 0 Å². The summed E-state index contributed by atoms with van der Waals surface area (Å²) in [5, 5.41) is 0. The van der Waals surface area contributed by atoms with Gasteiger partial charge in [0.25, 0.3) is 0 Å². The van der Waals surface area contributed by atoms with Gasteiger partial charge in [0.2, 0.25) is 0 Å². The van der Waals surface area contributed by atoms with E-state index in [1.165, 1.54) is 18.5 Å². The van der Waals surface area contributed by atoms with Crippen LogP contribution in [0.3, 0.4) is 0 Å². The Bertz CT molecular complexity index is 320. The summed E-state index contributed by atoms with van der Waals surface area (Å²) in [5.41, 5.74) is 1.41. The number of hydrogen-bond donors (Lipinski definition) is 0. The van der Waals surface area contributed by atoms with Crippen LogP contribution >= 0.6 is 0 Å². The van der Waals surface area contributed by atoms with Crippen LogP contribution in [0.15, 0.2) is 30.3 Å². The Labute approximate surface area is 172 Å². The number of rotatable bonds is 2. The molecule has 1 aliphatic heterocycles. The molecular formula is C20H41NOY. The molecule has 0 aromatic heterocycles. The first-order valence-corrected chi connectivity index (χ1v) is 7.48. The average molecular weight is 400 g/mol. The average Bonchev–Trinajstić information content (AvgIpc) is 2.69. The molecule has 2 nitrogen and oxygen atoms in total. The summed E-state index contributed by atoms with van der Waals surface area (Å²) in [6.45, 7) is 13.1. The monoisotopic (exact) mass is 400 g/mol. The van der Waals surface area contributed by atoms with Gasteiger partial charge < -0.3 is 4.74 Å². The van der Waals surface area contributed by atoms with Crippen molar-refractivity contribution in [3.63, 3.8) is 0 Å². The van der Waals surface area contributed by atoms with Crippen LogP contribution in [-0.2, 0) is 37.4 Å². The first-order chi connectivity index (χ1) is 9.11. The third-order valence-electron chi connectivity index (χ3n) is 3.45. The maximum absolute atomic E-state index is 5.33. The van der Waals surface area contributed by atoms with Gasteiger partial charge in [0, 0.05) is 58.4 Å². The van der Waals surface area contributed by atoms with Gasteiger partial charge in [-0.1, -0.05) is 66.5 Å². The van der Waals surface area contributed by atoms with Crippen molar-refractivity contribution in [2.75, 3.05) is 26.3 Å². The molecule has 1 aromatic rings. The van der Waals surface area contributed by atoms with E-state index in [4.69, 9.17) is 4.74 Å². The zero-order valence-electron chi connectivity index (χ0n) is 13.5. The molecule has 0 aliphatic carbocycles. The molecular weight excluding hydrogens is 359 g/mol. The van der Waals surface area contributed by atoms with Crippen molar-refractivity contribution in [3.8, 4) is 0 Å². The van der Waals surface area contributed by atoms with Gasteiger partial charge in [-0.2, -0.15) is 0 Å². The van der Waals surface area contributed by atoms with Gasteiger partial charge in [0.05, 0.1) is 6.61 Å². The molecule has 1 radical (unpaired) electrons. The van der Waals surface area contributed by atoms with E-state index in [-0.39, 0.29) is 55.0 Å². The molecule has 0 amide bonds. The van der Waals surface area contributed by atoms with E-state index in [0.717, 1.165) is 19.8 Å². The first-order valence-electron chi connectivity index (χ1n) is 7.48. The Balaban J connectivity index is -0.000000134. The molecule has 135 valence electrons. The molecule has 0 unspecified atom stereocenters. The van der Waals surface area contributed by atoms with Crippen molar-refractivity contribution in [2.45, 2.75) is 68.4 Å². The van der Waals surface area contributed by atoms with Gasteiger partial charge in [-0.25, -0.2) is 0 Å². The standard InChI is InChI=1S/C9H12.C8H17NO.3CH4.Y/c1-8(2)9-6-4-3-5-7-9;1-8(2)9-4-3-6-10-7-5-9;;;;/h3-8H,1-2H3;8H,3-7H2,1-2H3;3*1H4;. The largest absolute Gasteiger partial charge is 0.380 e. The van der Waals surface area contributed by atoms with Crippen LogP contribution < -0.4 is 0 Å². The van der Waals surface area contributed by atoms with Crippen LogP contribution in [-0.4, -0.2) is 37.2 Å². The quantitative estimate of drug-likeness (QED) is 0.619. The zero-order chi connectivity index (χ0) is 14.1. The van der Waals surface area contributed by atoms with Crippen molar-refractivity contribution >= 4 is 0 Å². The SMILES string of the molecule is C.C.C.CC(C)N1CCCOCC1.CC(C)c1ccccc1.[Y]. The summed E-state index contributed by atoms with van der Waals surface area (Å²) in [6.07, 6.45) is 1.19. The minimum atomic E-state index is 0. The van der Waals surface area contributed by atoms with Crippen LogP contribution in [0.2, 0.25) is 0 Å². The third kappa shape index (κ3) is 14.3. The van der Waals surface area contributed by atoms with Gasteiger partial charge in [-0.05, 0) is 31.7 Å². The second-order valence-corrected chi connectivity index (χ2v) is 5.66. The topological polar surface area (TPSA) is 12.5 Å². The van der Waals surface area contributed by atoms with Gasteiger partial charge in [-0.3, -0.25) is 4.90 Å². The van der Waals surface area contributed by atoms with Gasteiger partial charge in [-0.15, -0.1) is 0 Å². The van der Waals surface area contributed by atoms with Crippen LogP contribution in [0.4, 0.5) is 0 Å². The fourth-order valence-electron chi connectivity index (χ4n) is 2.12. The van der Waals surface area contributed by atoms with Crippen molar-refractivity contribution < 1.29 is 37.4 Å². The summed E-state index contributed by atoms with van der Waals surface area (Å²) in [4.78, 5) is 2.47. The summed E-state index contributed by atoms with van der Waals surface area (Å²) in [5.74, 6) is 0.659. The molecule has 0 N–H and O–H groups in total. The van der Waals surface area contributed by atoms with E-state index in [1.54, 1.807) is 0 Å². The molecule has 23 heavy (non-hydrogen) atoms. The minimum absolute atomic E-state index is 0. The molecule has 1 aromatic carbocycles. The van der Waals surface area contributed by atoms with Gasteiger partial charge >= 0.3 is 0 Å². The molecule has 0 spiro atoms. The molecule has 3 heteroatoms. The van der Waals surface area contributed by atoms with E-state index in [2.05, 4.69) is 56.9 Å². The molecule has 1 heterocycles. The Hall–Kier alpha value is 0.244. The third-order valence-corrected chi connectivity index (χ3v) is 3.45. The van der Waals surface area contributed by atoms with E-state index < -0.39 is 0 Å². The number of benzene rings is 1. The van der Waals surface area contributed by atoms with Crippen LogP contribution in [0.25, 0.3) is 0 Å². The smallest absolute Gasteiger partial charge is 0.0593 e. The van der Waals surface area contributed by atoms with E-state index in [0.29, 0.717) is 12.0 Å². The fraction of sp³-hybridized carbons (Fsp3) is 0.700. The molecule has 1 aliphatic rings. The fourth-order valence-corrected chi connectivity index (χ4v) is 2.12. The Kier molecular flexibility index (Phi) is 25.1. The number of ether oxygens (including phenoxy) is 1. The van der Waals surface area contributed by atoms with Crippen molar-refractivity contribution in [1.82, 2.24) is 4.90 Å². The Morgan fingerprint density at radius 3 is 1.87 bits per heavy atom. The van der Waals surface area contributed by atoms with E-state index in [1.807, 2.05) is 6.07 Å². The maximum Gasteiger partial charge on any atom is 0.0593 e. The predicted octanol–water partition coefficient (Wildman–Crippen LogP) is 5.83. The second kappa shape index (κ2) is 18.6. The predicted molar refractivity (Wildman–Crippen MR) is 103 cm³/mol. The maximum atomic E-state index is 5.33. The van der Waals surface area contributed by atoms with Crippen LogP contribution in [0, 0.1) is 0 Å². The molecule has 0 saturated carbocycles. The second-order valence-electron chi connectivity index (χ2n) is 5.66. The number of hydrogen-bond acceptors (Lipinski definition) is 2. The summed E-state index contributed by atoms with van der Waals surface area (Å²) >= 11 is 0. The summed E-state index contributed by atoms with van der Waals surface area (Å²) in [7, 11) is 0. The minimum Gasteiger partial charge on any atom is -0.380 e. The summed E-state index contributed by atoms with van der Waals surface area (Å²) < 4.78 is 5.33. The van der Waals surface area contributed by atoms with E-state index >= 15 is 0 Å². The van der Waals surface area contributed by atoms with Gasteiger partial charge in [0.15, 0.2) is 0 Å².